The highest BCUT2D eigenvalue weighted by molar-refractivity contribution is 5.85. The molecule has 3 aromatic carbocycles. The molecule has 7 heteroatoms. The van der Waals surface area contributed by atoms with Crippen LogP contribution in [0, 0.1) is 5.82 Å². The summed E-state index contributed by atoms with van der Waals surface area (Å²) in [6.45, 7) is 2.90. The predicted molar refractivity (Wildman–Crippen MR) is 127 cm³/mol. The van der Waals surface area contributed by atoms with E-state index in [9.17, 15) is 14.0 Å². The van der Waals surface area contributed by atoms with Crippen LogP contribution >= 0.6 is 0 Å². The molecule has 0 unspecified atom stereocenters. The van der Waals surface area contributed by atoms with Gasteiger partial charge in [0.2, 0.25) is 0 Å². The van der Waals surface area contributed by atoms with Crippen LogP contribution in [0.3, 0.4) is 0 Å². The van der Waals surface area contributed by atoms with Gasteiger partial charge in [0, 0.05) is 24.3 Å². The van der Waals surface area contributed by atoms with E-state index in [0.717, 1.165) is 16.7 Å². The lowest BCUT2D eigenvalue weighted by atomic mass is 10.1. The Morgan fingerprint density at radius 1 is 1.09 bits per heavy atom. The fourth-order valence-electron chi connectivity index (χ4n) is 3.83. The lowest BCUT2D eigenvalue weighted by molar-refractivity contribution is -0.138. The molecule has 3 aromatic rings. The summed E-state index contributed by atoms with van der Waals surface area (Å²) in [5.74, 6) is 0.246. The van der Waals surface area contributed by atoms with Crippen molar-refractivity contribution >= 4 is 17.7 Å². The van der Waals surface area contributed by atoms with Crippen molar-refractivity contribution in [3.05, 3.63) is 95.3 Å². The zero-order chi connectivity index (χ0) is 23.9. The van der Waals surface area contributed by atoms with Crippen molar-refractivity contribution in [3.63, 3.8) is 0 Å². The highest BCUT2D eigenvalue weighted by atomic mass is 19.1. The van der Waals surface area contributed by atoms with Gasteiger partial charge in [-0.1, -0.05) is 49.4 Å². The van der Waals surface area contributed by atoms with E-state index in [2.05, 4.69) is 5.32 Å². The normalized spacial score (nSPS) is 15.2. The molecule has 176 valence electrons. The van der Waals surface area contributed by atoms with E-state index in [1.54, 1.807) is 35.2 Å². The van der Waals surface area contributed by atoms with Crippen LogP contribution in [-0.4, -0.2) is 29.5 Å². The number of anilines is 1. The van der Waals surface area contributed by atoms with Crippen molar-refractivity contribution in [1.29, 1.82) is 0 Å². The van der Waals surface area contributed by atoms with E-state index in [-0.39, 0.29) is 18.3 Å². The smallest absolute Gasteiger partial charge is 0.411 e. The Hall–Kier alpha value is -3.87. The third-order valence-electron chi connectivity index (χ3n) is 5.69. The quantitative estimate of drug-likeness (QED) is 0.516. The summed E-state index contributed by atoms with van der Waals surface area (Å²) in [4.78, 5) is 27.1. The molecule has 2 amide bonds. The summed E-state index contributed by atoms with van der Waals surface area (Å²) in [5.41, 5.74) is 3.20. The average Bonchev–Trinajstić information content (AvgIpc) is 2.99. The number of rotatable bonds is 7. The van der Waals surface area contributed by atoms with E-state index < -0.39 is 12.2 Å². The van der Waals surface area contributed by atoms with Gasteiger partial charge >= 0.3 is 6.09 Å². The SMILES string of the molecule is CC[C@H]1Oc2ccc(NC(=O)OCc3ccccc3)cc2CN(CCc2ccc(F)cc2)C1=O. The first kappa shape index (κ1) is 23.3. The number of hydrogen-bond acceptors (Lipinski definition) is 4. The van der Waals surface area contributed by atoms with Gasteiger partial charge in [0.25, 0.3) is 5.91 Å². The van der Waals surface area contributed by atoms with Crippen LogP contribution < -0.4 is 10.1 Å². The minimum absolute atomic E-state index is 0.0856. The highest BCUT2D eigenvalue weighted by Gasteiger charge is 2.29. The van der Waals surface area contributed by atoms with Gasteiger partial charge in [0.15, 0.2) is 6.10 Å². The summed E-state index contributed by atoms with van der Waals surface area (Å²) in [7, 11) is 0. The summed E-state index contributed by atoms with van der Waals surface area (Å²) in [6, 6.07) is 21.0. The molecular weight excluding hydrogens is 435 g/mol. The van der Waals surface area contributed by atoms with Gasteiger partial charge in [0.05, 0.1) is 0 Å². The van der Waals surface area contributed by atoms with E-state index in [0.29, 0.717) is 37.4 Å². The zero-order valence-corrected chi connectivity index (χ0v) is 19.0. The molecule has 0 fully saturated rings. The number of fused-ring (bicyclic) bond motifs is 1. The first-order valence-corrected chi connectivity index (χ1v) is 11.3. The van der Waals surface area contributed by atoms with E-state index in [1.807, 2.05) is 37.3 Å². The molecule has 1 atom stereocenters. The molecule has 0 bridgehead atoms. The number of amides is 2. The number of halogens is 1. The molecule has 6 nitrogen and oxygen atoms in total. The number of nitrogens with one attached hydrogen (secondary N) is 1. The van der Waals surface area contributed by atoms with Crippen LogP contribution in [0.5, 0.6) is 5.75 Å². The Morgan fingerprint density at radius 2 is 1.85 bits per heavy atom. The van der Waals surface area contributed by atoms with Gasteiger partial charge < -0.3 is 14.4 Å². The summed E-state index contributed by atoms with van der Waals surface area (Å²) >= 11 is 0. The second-order valence-electron chi connectivity index (χ2n) is 8.16. The minimum atomic E-state index is -0.580. The van der Waals surface area contributed by atoms with Gasteiger partial charge in [-0.2, -0.15) is 0 Å². The van der Waals surface area contributed by atoms with Gasteiger partial charge in [-0.05, 0) is 54.3 Å². The lowest BCUT2D eigenvalue weighted by Crippen LogP contribution is -2.40. The Kier molecular flexibility index (Phi) is 7.42. The third-order valence-corrected chi connectivity index (χ3v) is 5.69. The maximum absolute atomic E-state index is 13.2. The standard InChI is InChI=1S/C27H27FN2O4/c1-2-24-26(31)30(15-14-19-8-10-22(28)11-9-19)17-21-16-23(12-13-25(21)34-24)29-27(32)33-18-20-6-4-3-5-7-20/h3-13,16,24H,2,14-15,17-18H2,1H3,(H,29,32)/t24-/m1/s1. The van der Waals surface area contributed by atoms with Crippen LogP contribution in [0.25, 0.3) is 0 Å². The first-order valence-electron chi connectivity index (χ1n) is 11.3. The number of ether oxygens (including phenoxy) is 2. The Bertz CT molecular complexity index is 1140. The number of carbonyl (C=O) groups is 2. The molecule has 1 N–H and O–H groups in total. The fourth-order valence-corrected chi connectivity index (χ4v) is 3.83. The predicted octanol–water partition coefficient (Wildman–Crippen LogP) is 5.32. The molecule has 0 aliphatic carbocycles. The summed E-state index contributed by atoms with van der Waals surface area (Å²) in [5, 5.41) is 2.74. The maximum atomic E-state index is 13.2. The van der Waals surface area contributed by atoms with Crippen LogP contribution in [-0.2, 0) is 29.1 Å². The first-order chi connectivity index (χ1) is 16.5. The highest BCUT2D eigenvalue weighted by Crippen LogP contribution is 2.29. The Balaban J connectivity index is 1.44. The topological polar surface area (TPSA) is 67.9 Å². The van der Waals surface area contributed by atoms with E-state index in [4.69, 9.17) is 9.47 Å². The van der Waals surface area contributed by atoms with Crippen LogP contribution in [0.4, 0.5) is 14.9 Å². The van der Waals surface area contributed by atoms with Crippen molar-refractivity contribution in [1.82, 2.24) is 4.90 Å². The molecule has 1 aliphatic rings. The molecule has 1 heterocycles. The Morgan fingerprint density at radius 3 is 2.59 bits per heavy atom. The number of hydrogen-bond donors (Lipinski definition) is 1. The summed E-state index contributed by atoms with van der Waals surface area (Å²) in [6.07, 6.45) is -0.00304. The molecule has 0 radical (unpaired) electrons. The zero-order valence-electron chi connectivity index (χ0n) is 19.0. The van der Waals surface area contributed by atoms with Gasteiger partial charge in [-0.15, -0.1) is 0 Å². The third kappa shape index (κ3) is 5.92. The molecule has 0 spiro atoms. The maximum Gasteiger partial charge on any atom is 0.411 e. The van der Waals surface area contributed by atoms with Crippen LogP contribution in [0.2, 0.25) is 0 Å². The van der Waals surface area contributed by atoms with Gasteiger partial charge in [-0.25, -0.2) is 9.18 Å². The van der Waals surface area contributed by atoms with E-state index >= 15 is 0 Å². The number of nitrogens with zero attached hydrogens (tertiary/aromatic N) is 1. The van der Waals surface area contributed by atoms with Gasteiger partial charge in [0.1, 0.15) is 18.2 Å². The van der Waals surface area contributed by atoms with Crippen molar-refractivity contribution in [3.8, 4) is 5.75 Å². The van der Waals surface area contributed by atoms with Crippen molar-refractivity contribution < 1.29 is 23.5 Å². The average molecular weight is 463 g/mol. The molecule has 1 aliphatic heterocycles. The molecule has 34 heavy (non-hydrogen) atoms. The molecule has 0 saturated heterocycles. The molecular formula is C27H27FN2O4. The Labute approximate surface area is 198 Å². The molecule has 0 aromatic heterocycles. The minimum Gasteiger partial charge on any atom is -0.480 e. The van der Waals surface area contributed by atoms with Crippen molar-refractivity contribution in [2.24, 2.45) is 0 Å². The number of carbonyl (C=O) groups excluding carboxylic acids is 2. The van der Waals surface area contributed by atoms with Crippen LogP contribution in [0.15, 0.2) is 72.8 Å². The lowest BCUT2D eigenvalue weighted by Gasteiger charge is -2.23. The summed E-state index contributed by atoms with van der Waals surface area (Å²) < 4.78 is 24.5. The largest absolute Gasteiger partial charge is 0.480 e. The molecule has 4 rings (SSSR count). The monoisotopic (exact) mass is 462 g/mol. The number of benzene rings is 3. The van der Waals surface area contributed by atoms with Gasteiger partial charge in [-0.3, -0.25) is 10.1 Å². The second-order valence-corrected chi connectivity index (χ2v) is 8.16. The molecule has 0 saturated carbocycles. The van der Waals surface area contributed by atoms with E-state index in [1.165, 1.54) is 12.1 Å². The van der Waals surface area contributed by atoms with Crippen LogP contribution in [0.1, 0.15) is 30.0 Å². The van der Waals surface area contributed by atoms with Crippen molar-refractivity contribution in [2.75, 3.05) is 11.9 Å². The second kappa shape index (κ2) is 10.8. The fraction of sp³-hybridized carbons (Fsp3) is 0.259. The van der Waals surface area contributed by atoms with Crippen molar-refractivity contribution in [2.45, 2.75) is 39.0 Å².